The number of hydrogen-bond acceptors (Lipinski definition) is 6. The monoisotopic (exact) mass is 933 g/mol. The number of carbonyl (C=O) groups is 3. The van der Waals surface area contributed by atoms with E-state index in [9.17, 15) is 14.4 Å². The molecular weight excluding hydrogens is 817 g/mol. The van der Waals surface area contributed by atoms with Crippen molar-refractivity contribution in [2.45, 2.75) is 337 Å². The molecule has 0 bridgehead atoms. The summed E-state index contributed by atoms with van der Waals surface area (Å²) in [6.45, 7) is 13.8. The van der Waals surface area contributed by atoms with Crippen LogP contribution in [-0.2, 0) is 28.6 Å². The Morgan fingerprint density at radius 2 is 0.439 bits per heavy atom. The molecule has 6 nitrogen and oxygen atoms in total. The molecule has 0 aromatic carbocycles. The maximum atomic E-state index is 12.8. The Labute approximate surface area is 412 Å². The van der Waals surface area contributed by atoms with E-state index in [1.54, 1.807) is 0 Å². The van der Waals surface area contributed by atoms with Crippen molar-refractivity contribution >= 4 is 17.9 Å². The second-order valence-electron chi connectivity index (χ2n) is 22.1. The Kier molecular flexibility index (Phi) is 50.0. The molecule has 0 aliphatic carbocycles. The van der Waals surface area contributed by atoms with E-state index in [1.807, 2.05) is 0 Å². The van der Waals surface area contributed by atoms with Gasteiger partial charge in [0.1, 0.15) is 13.2 Å². The highest BCUT2D eigenvalue weighted by molar-refractivity contribution is 5.71. The number of rotatable bonds is 53. The summed E-state index contributed by atoms with van der Waals surface area (Å²) in [5, 5.41) is 0. The number of unbranched alkanes of at least 4 members (excludes halogenated alkanes) is 36. The van der Waals surface area contributed by atoms with Crippen LogP contribution < -0.4 is 0 Å². The van der Waals surface area contributed by atoms with Crippen LogP contribution in [0.15, 0.2) is 0 Å². The summed E-state index contributed by atoms with van der Waals surface area (Å²) in [4.78, 5) is 38.1. The second-order valence-corrected chi connectivity index (χ2v) is 22.1. The molecule has 0 saturated carbocycles. The van der Waals surface area contributed by atoms with E-state index in [-0.39, 0.29) is 31.1 Å². The van der Waals surface area contributed by atoms with Crippen LogP contribution in [-0.4, -0.2) is 37.2 Å². The molecule has 0 N–H and O–H groups in total. The SMILES string of the molecule is CC(C)CCCCCCCCCCCCCCCCCCCCC(=O)OC[C@H](COC(=O)CCCCCCCCCCCCCCC(C)C)OC(=O)CCCCCCCCCCCC(C)C. The van der Waals surface area contributed by atoms with Gasteiger partial charge in [-0.2, -0.15) is 0 Å². The van der Waals surface area contributed by atoms with Gasteiger partial charge in [-0.3, -0.25) is 14.4 Å². The van der Waals surface area contributed by atoms with Gasteiger partial charge >= 0.3 is 17.9 Å². The van der Waals surface area contributed by atoms with Crippen molar-refractivity contribution in [1.29, 1.82) is 0 Å². The van der Waals surface area contributed by atoms with Gasteiger partial charge in [0.25, 0.3) is 0 Å². The fourth-order valence-electron chi connectivity index (χ4n) is 9.18. The number of ether oxygens (including phenoxy) is 3. The average Bonchev–Trinajstić information content (AvgIpc) is 3.28. The molecule has 0 amide bonds. The first kappa shape index (κ1) is 64.4. The zero-order valence-corrected chi connectivity index (χ0v) is 45.5. The quantitative estimate of drug-likeness (QED) is 0.0343. The fourth-order valence-corrected chi connectivity index (χ4v) is 9.18. The van der Waals surface area contributed by atoms with Crippen molar-refractivity contribution in [1.82, 2.24) is 0 Å². The number of carbonyl (C=O) groups excluding carboxylic acids is 3. The second kappa shape index (κ2) is 51.3. The third-order valence-corrected chi connectivity index (χ3v) is 13.6. The summed E-state index contributed by atoms with van der Waals surface area (Å²) in [6, 6.07) is 0. The summed E-state index contributed by atoms with van der Waals surface area (Å²) in [5.74, 6) is 1.65. The maximum Gasteiger partial charge on any atom is 0.306 e. The standard InChI is InChI=1S/C60H116O6/c1-54(2)46-40-34-28-22-17-13-11-9-7-8-10-12-14-19-25-31-37-43-49-58(61)64-52-57(66-60(63)51-45-39-33-27-21-24-30-36-42-48-56(5)6)53-65-59(62)50-44-38-32-26-20-16-15-18-23-29-35-41-47-55(3)4/h54-57H,7-53H2,1-6H3/t57-/m1/s1. The summed E-state index contributed by atoms with van der Waals surface area (Å²) in [6.07, 6.45) is 53.9. The van der Waals surface area contributed by atoms with Crippen LogP contribution in [0.4, 0.5) is 0 Å². The van der Waals surface area contributed by atoms with Gasteiger partial charge < -0.3 is 14.2 Å². The zero-order valence-electron chi connectivity index (χ0n) is 45.5. The lowest BCUT2D eigenvalue weighted by atomic mass is 10.0. The minimum atomic E-state index is -0.764. The van der Waals surface area contributed by atoms with Crippen LogP contribution >= 0.6 is 0 Å². The van der Waals surface area contributed by atoms with E-state index in [0.29, 0.717) is 19.3 Å². The molecule has 6 heteroatoms. The molecule has 0 radical (unpaired) electrons. The molecule has 0 rings (SSSR count). The molecule has 0 fully saturated rings. The van der Waals surface area contributed by atoms with Crippen molar-refractivity contribution in [3.05, 3.63) is 0 Å². The predicted octanol–water partition coefficient (Wildman–Crippen LogP) is 19.5. The van der Waals surface area contributed by atoms with Crippen LogP contribution in [0.25, 0.3) is 0 Å². The highest BCUT2D eigenvalue weighted by Crippen LogP contribution is 2.19. The van der Waals surface area contributed by atoms with Crippen LogP contribution in [0.3, 0.4) is 0 Å². The number of esters is 3. The molecule has 0 aromatic heterocycles. The molecule has 1 atom stereocenters. The van der Waals surface area contributed by atoms with E-state index >= 15 is 0 Å². The molecule has 0 spiro atoms. The smallest absolute Gasteiger partial charge is 0.306 e. The topological polar surface area (TPSA) is 78.9 Å². The van der Waals surface area contributed by atoms with E-state index < -0.39 is 6.10 Å². The highest BCUT2D eigenvalue weighted by atomic mass is 16.6. The van der Waals surface area contributed by atoms with Crippen LogP contribution in [0.2, 0.25) is 0 Å². The van der Waals surface area contributed by atoms with Crippen LogP contribution in [0.1, 0.15) is 330 Å². The third kappa shape index (κ3) is 53.4. The lowest BCUT2D eigenvalue weighted by molar-refractivity contribution is -0.167. The largest absolute Gasteiger partial charge is 0.462 e. The van der Waals surface area contributed by atoms with Gasteiger partial charge in [-0.1, -0.05) is 292 Å². The molecule has 0 aromatic rings. The molecule has 392 valence electrons. The first-order valence-corrected chi connectivity index (χ1v) is 29.6. The minimum Gasteiger partial charge on any atom is -0.462 e. The first-order valence-electron chi connectivity index (χ1n) is 29.6. The summed E-state index contributed by atoms with van der Waals surface area (Å²) in [7, 11) is 0. The van der Waals surface area contributed by atoms with E-state index in [0.717, 1.165) is 75.5 Å². The normalized spacial score (nSPS) is 12.1. The van der Waals surface area contributed by atoms with E-state index in [1.165, 1.54) is 212 Å². The van der Waals surface area contributed by atoms with Crippen molar-refractivity contribution in [2.24, 2.45) is 17.8 Å². The molecule has 0 aliphatic heterocycles. The van der Waals surface area contributed by atoms with E-state index in [4.69, 9.17) is 14.2 Å². The Morgan fingerprint density at radius 1 is 0.258 bits per heavy atom. The zero-order chi connectivity index (χ0) is 48.4. The third-order valence-electron chi connectivity index (χ3n) is 13.6. The Bertz CT molecular complexity index is 1020. The van der Waals surface area contributed by atoms with Gasteiger partial charge in [-0.05, 0) is 37.0 Å². The van der Waals surface area contributed by atoms with Crippen molar-refractivity contribution in [2.75, 3.05) is 13.2 Å². The van der Waals surface area contributed by atoms with Gasteiger partial charge in [-0.15, -0.1) is 0 Å². The van der Waals surface area contributed by atoms with Crippen molar-refractivity contribution in [3.63, 3.8) is 0 Å². The molecule has 0 aliphatic rings. The van der Waals surface area contributed by atoms with Crippen molar-refractivity contribution < 1.29 is 28.6 Å². The Hall–Kier alpha value is -1.59. The summed E-state index contributed by atoms with van der Waals surface area (Å²) >= 11 is 0. The number of hydrogen-bond donors (Lipinski definition) is 0. The lowest BCUT2D eigenvalue weighted by Gasteiger charge is -2.18. The highest BCUT2D eigenvalue weighted by Gasteiger charge is 2.19. The van der Waals surface area contributed by atoms with E-state index in [2.05, 4.69) is 41.5 Å². The fraction of sp³-hybridized carbons (Fsp3) is 0.950. The van der Waals surface area contributed by atoms with Crippen LogP contribution in [0, 0.1) is 17.8 Å². The summed E-state index contributed by atoms with van der Waals surface area (Å²) in [5.41, 5.74) is 0. The molecule has 0 saturated heterocycles. The Balaban J connectivity index is 4.23. The lowest BCUT2D eigenvalue weighted by Crippen LogP contribution is -2.30. The molecule has 66 heavy (non-hydrogen) atoms. The first-order chi connectivity index (χ1) is 32.1. The van der Waals surface area contributed by atoms with Gasteiger partial charge in [0.05, 0.1) is 0 Å². The van der Waals surface area contributed by atoms with Gasteiger partial charge in [0, 0.05) is 19.3 Å². The van der Waals surface area contributed by atoms with Gasteiger partial charge in [-0.25, -0.2) is 0 Å². The maximum absolute atomic E-state index is 12.8. The van der Waals surface area contributed by atoms with Gasteiger partial charge in [0.2, 0.25) is 0 Å². The Morgan fingerprint density at radius 3 is 0.652 bits per heavy atom. The van der Waals surface area contributed by atoms with Gasteiger partial charge in [0.15, 0.2) is 6.10 Å². The van der Waals surface area contributed by atoms with Crippen molar-refractivity contribution in [3.8, 4) is 0 Å². The molecular formula is C60H116O6. The minimum absolute atomic E-state index is 0.0637. The molecule has 0 unspecified atom stereocenters. The summed E-state index contributed by atoms with van der Waals surface area (Å²) < 4.78 is 16.9. The molecule has 0 heterocycles. The predicted molar refractivity (Wildman–Crippen MR) is 284 cm³/mol. The average molecular weight is 934 g/mol. The van der Waals surface area contributed by atoms with Crippen LogP contribution in [0.5, 0.6) is 0 Å².